The van der Waals surface area contributed by atoms with Crippen molar-refractivity contribution in [2.45, 2.75) is 102 Å². The first-order chi connectivity index (χ1) is 25.4. The van der Waals surface area contributed by atoms with E-state index in [9.17, 15) is 23.6 Å². The number of fused-ring (bicyclic) bond motifs is 2. The Morgan fingerprint density at radius 2 is 1.66 bits per heavy atom. The van der Waals surface area contributed by atoms with Crippen LogP contribution in [0, 0.1) is 5.82 Å². The van der Waals surface area contributed by atoms with Gasteiger partial charge < -0.3 is 39.3 Å². The molecule has 0 bridgehead atoms. The zero-order chi connectivity index (χ0) is 37.7. The van der Waals surface area contributed by atoms with Crippen LogP contribution in [0.5, 0.6) is 0 Å². The van der Waals surface area contributed by atoms with Crippen LogP contribution in [0.2, 0.25) is 0 Å². The van der Waals surface area contributed by atoms with E-state index >= 15 is 0 Å². The van der Waals surface area contributed by atoms with Crippen molar-refractivity contribution in [2.24, 2.45) is 0 Å². The minimum absolute atomic E-state index is 0.0214. The predicted molar refractivity (Wildman–Crippen MR) is 199 cm³/mol. The molecule has 0 aromatic heterocycles. The zero-order valence-electron chi connectivity index (χ0n) is 31.6. The molecule has 1 unspecified atom stereocenters. The second kappa shape index (κ2) is 16.8. The molecule has 6 rings (SSSR count). The molecule has 0 radical (unpaired) electrons. The summed E-state index contributed by atoms with van der Waals surface area (Å²) in [6, 6.07) is 13.0. The number of esters is 1. The fourth-order valence-corrected chi connectivity index (χ4v) is 8.00. The number of nitrogens with zero attached hydrogens (tertiary/aromatic N) is 5. The third kappa shape index (κ3) is 9.48. The first kappa shape index (κ1) is 38.5. The SMILES string of the molecule is CN1CCC(N2CC3N(CC(=O)OCc4ccccc4)c4ccc(F)cc4C(=O)N3[C@@H](CCCCNC3CCN(C(=O)OC(C)(C)C)CC3)C2=O)CC1. The maximum absolute atomic E-state index is 14.7. The lowest BCUT2D eigenvalue weighted by Gasteiger charge is -2.55. The lowest BCUT2D eigenvalue weighted by molar-refractivity contribution is -0.148. The summed E-state index contributed by atoms with van der Waals surface area (Å²) in [5.41, 5.74) is 0.937. The number of nitrogens with one attached hydrogen (secondary N) is 1. The van der Waals surface area contributed by atoms with Crippen molar-refractivity contribution in [3.05, 3.63) is 65.5 Å². The summed E-state index contributed by atoms with van der Waals surface area (Å²) in [4.78, 5) is 64.0. The number of piperazine rings is 1. The van der Waals surface area contributed by atoms with Crippen molar-refractivity contribution >= 4 is 29.6 Å². The number of anilines is 1. The molecule has 2 atom stereocenters. The van der Waals surface area contributed by atoms with Gasteiger partial charge in [0, 0.05) is 25.2 Å². The lowest BCUT2D eigenvalue weighted by Crippen LogP contribution is -2.72. The van der Waals surface area contributed by atoms with Gasteiger partial charge in [0.05, 0.1) is 17.8 Å². The monoisotopic (exact) mass is 734 g/mol. The van der Waals surface area contributed by atoms with E-state index in [1.54, 1.807) is 15.9 Å². The van der Waals surface area contributed by atoms with Crippen molar-refractivity contribution < 1.29 is 33.0 Å². The zero-order valence-corrected chi connectivity index (χ0v) is 31.6. The number of ether oxygens (including phenoxy) is 2. The van der Waals surface area contributed by atoms with Crippen LogP contribution in [0.3, 0.4) is 0 Å². The molecule has 4 aliphatic heterocycles. The molecule has 4 aliphatic rings. The van der Waals surface area contributed by atoms with Gasteiger partial charge in [-0.2, -0.15) is 0 Å². The second-order valence-electron chi connectivity index (χ2n) is 15.9. The quantitative estimate of drug-likeness (QED) is 0.261. The number of unbranched alkanes of at least 4 members (excludes halogenated alkanes) is 1. The summed E-state index contributed by atoms with van der Waals surface area (Å²) in [6.07, 6.45) is 4.34. The summed E-state index contributed by atoms with van der Waals surface area (Å²) in [5.74, 6) is -1.51. The van der Waals surface area contributed by atoms with Crippen LogP contribution in [0.1, 0.15) is 81.6 Å². The van der Waals surface area contributed by atoms with E-state index in [0.717, 1.165) is 57.3 Å². The molecule has 13 heteroatoms. The minimum atomic E-state index is -0.753. The lowest BCUT2D eigenvalue weighted by atomic mass is 9.93. The third-order valence-corrected chi connectivity index (χ3v) is 10.8. The average molecular weight is 735 g/mol. The topological polar surface area (TPSA) is 115 Å². The third-order valence-electron chi connectivity index (χ3n) is 10.8. The molecule has 3 amide bonds. The molecule has 0 aliphatic carbocycles. The van der Waals surface area contributed by atoms with E-state index < -0.39 is 35.5 Å². The molecule has 2 aromatic rings. The highest BCUT2D eigenvalue weighted by Crippen LogP contribution is 2.38. The number of carbonyl (C=O) groups excluding carboxylic acids is 4. The number of hydrogen-bond donors (Lipinski definition) is 1. The summed E-state index contributed by atoms with van der Waals surface area (Å²) in [6.45, 7) is 9.54. The highest BCUT2D eigenvalue weighted by atomic mass is 19.1. The van der Waals surface area contributed by atoms with Gasteiger partial charge in [-0.05, 0) is 116 Å². The normalized spacial score (nSPS) is 21.8. The van der Waals surface area contributed by atoms with Crippen LogP contribution >= 0.6 is 0 Å². The van der Waals surface area contributed by atoms with Crippen LogP contribution in [0.15, 0.2) is 48.5 Å². The molecule has 53 heavy (non-hydrogen) atoms. The van der Waals surface area contributed by atoms with Crippen molar-refractivity contribution in [1.82, 2.24) is 24.9 Å². The van der Waals surface area contributed by atoms with Crippen LogP contribution < -0.4 is 10.2 Å². The molecule has 2 aromatic carbocycles. The Balaban J connectivity index is 1.14. The Labute approximate surface area is 312 Å². The molecular formula is C40H55FN6O6. The molecule has 0 saturated carbocycles. The predicted octanol–water partition coefficient (Wildman–Crippen LogP) is 4.62. The van der Waals surface area contributed by atoms with Gasteiger partial charge in [0.1, 0.15) is 36.8 Å². The van der Waals surface area contributed by atoms with Crippen molar-refractivity contribution in [2.75, 3.05) is 57.8 Å². The maximum atomic E-state index is 14.7. The Morgan fingerprint density at radius 3 is 2.36 bits per heavy atom. The Hall–Kier alpha value is -4.23. The molecule has 3 fully saturated rings. The first-order valence-electron chi connectivity index (χ1n) is 19.2. The van der Waals surface area contributed by atoms with Crippen LogP contribution in [0.25, 0.3) is 0 Å². The van der Waals surface area contributed by atoms with Crippen molar-refractivity contribution in [3.63, 3.8) is 0 Å². The molecule has 288 valence electrons. The number of amides is 3. The number of hydrogen-bond acceptors (Lipinski definition) is 9. The van der Waals surface area contributed by atoms with Gasteiger partial charge in [-0.1, -0.05) is 30.3 Å². The molecule has 0 spiro atoms. The number of likely N-dealkylation sites (tertiary alicyclic amines) is 2. The van der Waals surface area contributed by atoms with E-state index in [2.05, 4.69) is 17.3 Å². The Bertz CT molecular complexity index is 1600. The molecule has 12 nitrogen and oxygen atoms in total. The van der Waals surface area contributed by atoms with E-state index in [0.29, 0.717) is 31.6 Å². The first-order valence-corrected chi connectivity index (χ1v) is 19.2. The standard InChI is InChI=1S/C40H55FN6O6/c1-40(2,3)53-39(51)44-22-15-30(16-23-44)42-19-9-8-12-34-38(50)45(31-17-20-43(4)21-18-31)25-35-46(26-36(48)52-27-28-10-6-5-7-11-28)33-14-13-29(41)24-32(33)37(49)47(34)35/h5-7,10-11,13-14,24,30-31,34-35,42H,8-9,12,15-23,25-27H2,1-4H3/t34-,35?/m0/s1. The van der Waals surface area contributed by atoms with Gasteiger partial charge in [0.2, 0.25) is 5.91 Å². The van der Waals surface area contributed by atoms with Gasteiger partial charge in [-0.25, -0.2) is 9.18 Å². The largest absolute Gasteiger partial charge is 0.459 e. The average Bonchev–Trinajstić information content (AvgIpc) is 3.13. The Kier molecular flexibility index (Phi) is 12.2. The van der Waals surface area contributed by atoms with E-state index in [1.807, 2.05) is 60.9 Å². The maximum Gasteiger partial charge on any atom is 0.410 e. The Morgan fingerprint density at radius 1 is 0.943 bits per heavy atom. The number of carbonyl (C=O) groups is 4. The van der Waals surface area contributed by atoms with E-state index in [1.165, 1.54) is 12.1 Å². The number of rotatable bonds is 11. The highest BCUT2D eigenvalue weighted by molar-refractivity contribution is 6.05. The van der Waals surface area contributed by atoms with Gasteiger partial charge >= 0.3 is 12.1 Å². The summed E-state index contributed by atoms with van der Waals surface area (Å²) in [7, 11) is 2.08. The molecular weight excluding hydrogens is 679 g/mol. The van der Waals surface area contributed by atoms with Crippen LogP contribution in [-0.4, -0.2) is 126 Å². The molecule has 3 saturated heterocycles. The van der Waals surface area contributed by atoms with Gasteiger partial charge in [0.25, 0.3) is 5.91 Å². The minimum Gasteiger partial charge on any atom is -0.459 e. The highest BCUT2D eigenvalue weighted by Gasteiger charge is 2.51. The van der Waals surface area contributed by atoms with Gasteiger partial charge in [0.15, 0.2) is 0 Å². The van der Waals surface area contributed by atoms with Crippen molar-refractivity contribution in [1.29, 1.82) is 0 Å². The summed E-state index contributed by atoms with van der Waals surface area (Å²) in [5, 5.41) is 3.62. The number of benzene rings is 2. The van der Waals surface area contributed by atoms with Crippen molar-refractivity contribution in [3.8, 4) is 0 Å². The van der Waals surface area contributed by atoms with E-state index in [-0.39, 0.29) is 49.3 Å². The smallest absolute Gasteiger partial charge is 0.410 e. The fourth-order valence-electron chi connectivity index (χ4n) is 8.00. The van der Waals surface area contributed by atoms with Crippen LogP contribution in [-0.2, 0) is 25.7 Å². The van der Waals surface area contributed by atoms with Gasteiger partial charge in [-0.15, -0.1) is 0 Å². The van der Waals surface area contributed by atoms with E-state index in [4.69, 9.17) is 9.47 Å². The number of halogens is 1. The summed E-state index contributed by atoms with van der Waals surface area (Å²) >= 11 is 0. The summed E-state index contributed by atoms with van der Waals surface area (Å²) < 4.78 is 25.9. The number of piperidine rings is 2. The molecule has 1 N–H and O–H groups in total. The van der Waals surface area contributed by atoms with Gasteiger partial charge in [-0.3, -0.25) is 14.4 Å². The second-order valence-corrected chi connectivity index (χ2v) is 15.9. The van der Waals surface area contributed by atoms with Crippen LogP contribution in [0.4, 0.5) is 14.9 Å². The molecule has 4 heterocycles. The fraction of sp³-hybridized carbons (Fsp3) is 0.600.